The van der Waals surface area contributed by atoms with Crippen LogP contribution in [0.15, 0.2) is 35.7 Å². The van der Waals surface area contributed by atoms with Crippen LogP contribution in [-0.4, -0.2) is 4.90 Å². The fourth-order valence-corrected chi connectivity index (χ4v) is 1.74. The summed E-state index contributed by atoms with van der Waals surface area (Å²) in [6.07, 6.45) is 4.70. The van der Waals surface area contributed by atoms with Crippen LogP contribution >= 0.6 is 0 Å². The summed E-state index contributed by atoms with van der Waals surface area (Å²) in [5, 5.41) is 0. The Labute approximate surface area is 118 Å². The fourth-order valence-electron chi connectivity index (χ4n) is 1.74. The van der Waals surface area contributed by atoms with Crippen LogP contribution < -0.4 is 0 Å². The normalized spacial score (nSPS) is 11.4. The van der Waals surface area contributed by atoms with Crippen molar-refractivity contribution in [2.75, 3.05) is 0 Å². The average molecular weight is 283 g/mol. The van der Waals surface area contributed by atoms with Gasteiger partial charge in [0.2, 0.25) is 0 Å². The Hall–Kier alpha value is -1.71. The van der Waals surface area contributed by atoms with Crippen molar-refractivity contribution in [1.82, 2.24) is 4.90 Å². The molecule has 0 bridgehead atoms. The highest BCUT2D eigenvalue weighted by molar-refractivity contribution is 5.20. The zero-order chi connectivity index (χ0) is 15.3. The Bertz CT molecular complexity index is 506. The predicted octanol–water partition coefficient (Wildman–Crippen LogP) is 5.14. The monoisotopic (exact) mass is 283 g/mol. The molecule has 0 unspecified atom stereocenters. The van der Waals surface area contributed by atoms with Gasteiger partial charge in [-0.05, 0) is 44.9 Å². The van der Waals surface area contributed by atoms with Gasteiger partial charge in [-0.2, -0.15) is 0 Å². The number of rotatable bonds is 5. The summed E-state index contributed by atoms with van der Waals surface area (Å²) in [4.78, 5) is 1.85. The predicted molar refractivity (Wildman–Crippen MR) is 75.3 cm³/mol. The lowest BCUT2D eigenvalue weighted by Crippen LogP contribution is -2.11. The van der Waals surface area contributed by atoms with E-state index < -0.39 is 17.5 Å². The molecule has 0 spiro atoms. The molecule has 0 aromatic heterocycles. The molecule has 1 aromatic rings. The molecule has 1 rings (SSSR count). The van der Waals surface area contributed by atoms with Crippen LogP contribution in [0.5, 0.6) is 0 Å². The molecule has 0 N–H and O–H groups in total. The van der Waals surface area contributed by atoms with Gasteiger partial charge in [-0.3, -0.25) is 0 Å². The molecule has 110 valence electrons. The first-order chi connectivity index (χ1) is 9.33. The first kappa shape index (κ1) is 16.3. The molecule has 0 saturated carbocycles. The first-order valence-corrected chi connectivity index (χ1v) is 6.55. The minimum atomic E-state index is -1.43. The third-order valence-electron chi connectivity index (χ3n) is 2.78. The Morgan fingerprint density at radius 1 is 1.05 bits per heavy atom. The van der Waals surface area contributed by atoms with E-state index in [1.807, 2.05) is 45.0 Å². The fraction of sp³-hybridized carbons (Fsp3) is 0.375. The molecule has 0 aliphatic heterocycles. The van der Waals surface area contributed by atoms with Crippen molar-refractivity contribution in [3.05, 3.63) is 58.7 Å². The third-order valence-corrected chi connectivity index (χ3v) is 2.78. The van der Waals surface area contributed by atoms with E-state index in [1.54, 1.807) is 0 Å². The van der Waals surface area contributed by atoms with Crippen LogP contribution in [0.2, 0.25) is 0 Å². The number of halogens is 3. The lowest BCUT2D eigenvalue weighted by Gasteiger charge is -2.18. The average Bonchev–Trinajstić information content (AvgIpc) is 2.34. The van der Waals surface area contributed by atoms with E-state index in [4.69, 9.17) is 0 Å². The molecule has 0 saturated heterocycles. The van der Waals surface area contributed by atoms with Gasteiger partial charge in [-0.15, -0.1) is 0 Å². The highest BCUT2D eigenvalue weighted by Gasteiger charge is 2.11. The van der Waals surface area contributed by atoms with Crippen molar-refractivity contribution in [2.45, 2.75) is 40.7 Å². The molecule has 1 nitrogen and oxygen atoms in total. The van der Waals surface area contributed by atoms with Gasteiger partial charge in [0.1, 0.15) is 0 Å². The summed E-state index contributed by atoms with van der Waals surface area (Å²) in [6, 6.07) is 2.05. The van der Waals surface area contributed by atoms with E-state index in [9.17, 15) is 13.2 Å². The lowest BCUT2D eigenvalue weighted by molar-refractivity contribution is 0.436. The molecule has 0 amide bonds. The van der Waals surface area contributed by atoms with E-state index in [1.165, 1.54) is 0 Å². The maximum atomic E-state index is 13.2. The maximum absolute atomic E-state index is 13.2. The van der Waals surface area contributed by atoms with Crippen molar-refractivity contribution in [1.29, 1.82) is 0 Å². The van der Waals surface area contributed by atoms with E-state index in [-0.39, 0.29) is 6.54 Å². The SMILES string of the molecule is CC/C(C)=C/N(C=C(C)C)Cc1cc(F)c(F)c(F)c1. The Morgan fingerprint density at radius 3 is 2.05 bits per heavy atom. The summed E-state index contributed by atoms with van der Waals surface area (Å²) in [5.41, 5.74) is 2.60. The molecule has 1 aromatic carbocycles. The smallest absolute Gasteiger partial charge is 0.194 e. The largest absolute Gasteiger partial charge is 0.350 e. The topological polar surface area (TPSA) is 3.24 Å². The van der Waals surface area contributed by atoms with Crippen LogP contribution in [0.1, 0.15) is 39.7 Å². The molecule has 0 heterocycles. The molecule has 0 atom stereocenters. The van der Waals surface area contributed by atoms with Crippen molar-refractivity contribution >= 4 is 0 Å². The molecule has 0 aliphatic carbocycles. The van der Waals surface area contributed by atoms with Gasteiger partial charge in [0.05, 0.1) is 0 Å². The van der Waals surface area contributed by atoms with Gasteiger partial charge in [0.15, 0.2) is 17.5 Å². The maximum Gasteiger partial charge on any atom is 0.194 e. The van der Waals surface area contributed by atoms with Crippen molar-refractivity contribution in [3.63, 3.8) is 0 Å². The second-order valence-electron chi connectivity index (χ2n) is 5.08. The zero-order valence-corrected chi connectivity index (χ0v) is 12.3. The second kappa shape index (κ2) is 7.17. The first-order valence-electron chi connectivity index (χ1n) is 6.55. The summed E-state index contributed by atoms with van der Waals surface area (Å²) < 4.78 is 39.4. The molecule has 20 heavy (non-hydrogen) atoms. The molecule has 0 aliphatic rings. The number of benzene rings is 1. The van der Waals surface area contributed by atoms with E-state index in [2.05, 4.69) is 0 Å². The minimum absolute atomic E-state index is 0.288. The van der Waals surface area contributed by atoms with Crippen molar-refractivity contribution in [3.8, 4) is 0 Å². The van der Waals surface area contributed by atoms with Gasteiger partial charge >= 0.3 is 0 Å². The van der Waals surface area contributed by atoms with Gasteiger partial charge < -0.3 is 4.90 Å². The molecule has 0 radical (unpaired) electrons. The molecular formula is C16H20F3N. The summed E-state index contributed by atoms with van der Waals surface area (Å²) in [6.45, 7) is 8.18. The lowest BCUT2D eigenvalue weighted by atomic mass is 10.2. The number of nitrogens with zero attached hydrogens (tertiary/aromatic N) is 1. The number of hydrogen-bond donors (Lipinski definition) is 0. The minimum Gasteiger partial charge on any atom is -0.350 e. The van der Waals surface area contributed by atoms with Crippen molar-refractivity contribution < 1.29 is 13.2 Å². The second-order valence-corrected chi connectivity index (χ2v) is 5.08. The summed E-state index contributed by atoms with van der Waals surface area (Å²) >= 11 is 0. The highest BCUT2D eigenvalue weighted by atomic mass is 19.2. The van der Waals surface area contributed by atoms with E-state index >= 15 is 0 Å². The number of hydrogen-bond acceptors (Lipinski definition) is 1. The van der Waals surface area contributed by atoms with Gasteiger partial charge in [0, 0.05) is 18.9 Å². The molecule has 4 heteroatoms. The standard InChI is InChI=1S/C16H20F3N/c1-5-12(4)9-20(8-11(2)3)10-13-6-14(17)16(19)15(18)7-13/h6-9H,5,10H2,1-4H3/b12-9+. The van der Waals surface area contributed by atoms with Crippen molar-refractivity contribution in [2.24, 2.45) is 0 Å². The third kappa shape index (κ3) is 4.76. The van der Waals surface area contributed by atoms with E-state index in [0.717, 1.165) is 29.7 Å². The zero-order valence-electron chi connectivity index (χ0n) is 12.3. The van der Waals surface area contributed by atoms with E-state index in [0.29, 0.717) is 5.56 Å². The molecular weight excluding hydrogens is 263 g/mol. The van der Waals surface area contributed by atoms with Crippen LogP contribution in [0.4, 0.5) is 13.2 Å². The Morgan fingerprint density at radius 2 is 1.60 bits per heavy atom. The summed E-state index contributed by atoms with van der Waals surface area (Å²) in [7, 11) is 0. The van der Waals surface area contributed by atoms with Gasteiger partial charge in [-0.1, -0.05) is 18.1 Å². The Kier molecular flexibility index (Phi) is 5.86. The van der Waals surface area contributed by atoms with Gasteiger partial charge in [0.25, 0.3) is 0 Å². The highest BCUT2D eigenvalue weighted by Crippen LogP contribution is 2.16. The van der Waals surface area contributed by atoms with Crippen LogP contribution in [0, 0.1) is 17.5 Å². The quantitative estimate of drug-likeness (QED) is 0.676. The molecule has 0 fully saturated rings. The van der Waals surface area contributed by atoms with Gasteiger partial charge in [-0.25, -0.2) is 13.2 Å². The Balaban J connectivity index is 3.04. The van der Waals surface area contributed by atoms with Crippen LogP contribution in [0.3, 0.4) is 0 Å². The van der Waals surface area contributed by atoms with Crippen LogP contribution in [0.25, 0.3) is 0 Å². The summed E-state index contributed by atoms with van der Waals surface area (Å²) in [5.74, 6) is -3.75. The van der Waals surface area contributed by atoms with Crippen LogP contribution in [-0.2, 0) is 6.54 Å². The number of allylic oxidation sites excluding steroid dienone is 2.